The van der Waals surface area contributed by atoms with Crippen LogP contribution in [0, 0.1) is 5.82 Å². The molecule has 4 heteroatoms. The molecule has 2 rings (SSSR count). The SMILES string of the molecule is Fc1cc(Br)cc(CSc2ccccn2)c1. The van der Waals surface area contributed by atoms with Gasteiger partial charge in [0, 0.05) is 16.4 Å². The zero-order valence-corrected chi connectivity index (χ0v) is 10.8. The van der Waals surface area contributed by atoms with Gasteiger partial charge in [-0.2, -0.15) is 0 Å². The molecule has 1 aromatic heterocycles. The number of nitrogens with zero attached hydrogens (tertiary/aromatic N) is 1. The Balaban J connectivity index is 2.05. The molecule has 0 amide bonds. The maximum Gasteiger partial charge on any atom is 0.124 e. The minimum absolute atomic E-state index is 0.217. The molecule has 1 nitrogen and oxygen atoms in total. The molecule has 0 radical (unpaired) electrons. The summed E-state index contributed by atoms with van der Waals surface area (Å²) < 4.78 is 13.9. The average Bonchev–Trinajstić information content (AvgIpc) is 2.27. The normalized spacial score (nSPS) is 10.4. The van der Waals surface area contributed by atoms with E-state index in [1.807, 2.05) is 24.3 Å². The minimum Gasteiger partial charge on any atom is -0.250 e. The van der Waals surface area contributed by atoms with Gasteiger partial charge in [0.25, 0.3) is 0 Å². The highest BCUT2D eigenvalue weighted by Crippen LogP contribution is 2.23. The van der Waals surface area contributed by atoms with Gasteiger partial charge in [0.05, 0.1) is 5.03 Å². The molecule has 0 atom stereocenters. The van der Waals surface area contributed by atoms with Gasteiger partial charge >= 0.3 is 0 Å². The minimum atomic E-state index is -0.217. The average molecular weight is 298 g/mol. The van der Waals surface area contributed by atoms with Crippen LogP contribution in [-0.2, 0) is 5.75 Å². The second-order valence-electron chi connectivity index (χ2n) is 3.23. The van der Waals surface area contributed by atoms with Gasteiger partial charge in [-0.25, -0.2) is 9.37 Å². The van der Waals surface area contributed by atoms with Gasteiger partial charge < -0.3 is 0 Å². The summed E-state index contributed by atoms with van der Waals surface area (Å²) in [6.45, 7) is 0. The zero-order valence-electron chi connectivity index (χ0n) is 8.36. The fourth-order valence-electron chi connectivity index (χ4n) is 1.28. The molecular weight excluding hydrogens is 289 g/mol. The molecule has 0 unspecified atom stereocenters. The van der Waals surface area contributed by atoms with Gasteiger partial charge in [-0.15, -0.1) is 11.8 Å². The van der Waals surface area contributed by atoms with Crippen LogP contribution in [0.1, 0.15) is 5.56 Å². The third kappa shape index (κ3) is 3.32. The maximum atomic E-state index is 13.1. The first-order valence-corrected chi connectivity index (χ1v) is 6.51. The van der Waals surface area contributed by atoms with E-state index in [2.05, 4.69) is 20.9 Å². The number of hydrogen-bond acceptors (Lipinski definition) is 2. The summed E-state index contributed by atoms with van der Waals surface area (Å²) in [7, 11) is 0. The van der Waals surface area contributed by atoms with Crippen molar-refractivity contribution in [3.63, 3.8) is 0 Å². The topological polar surface area (TPSA) is 12.9 Å². The van der Waals surface area contributed by atoms with Gasteiger partial charge in [-0.05, 0) is 35.9 Å². The number of rotatable bonds is 3. The molecule has 82 valence electrons. The van der Waals surface area contributed by atoms with E-state index < -0.39 is 0 Å². The molecule has 0 aliphatic heterocycles. The Labute approximate surface area is 106 Å². The molecule has 2 aromatic rings. The number of benzene rings is 1. The van der Waals surface area contributed by atoms with Crippen molar-refractivity contribution >= 4 is 27.7 Å². The van der Waals surface area contributed by atoms with Gasteiger partial charge in [0.15, 0.2) is 0 Å². The van der Waals surface area contributed by atoms with Crippen molar-refractivity contribution in [2.45, 2.75) is 10.8 Å². The lowest BCUT2D eigenvalue weighted by Gasteiger charge is -2.02. The Kier molecular flexibility index (Phi) is 3.96. The van der Waals surface area contributed by atoms with E-state index in [1.165, 1.54) is 6.07 Å². The van der Waals surface area contributed by atoms with E-state index in [9.17, 15) is 4.39 Å². The molecule has 1 aromatic carbocycles. The summed E-state index contributed by atoms with van der Waals surface area (Å²) in [4.78, 5) is 4.20. The molecule has 0 bridgehead atoms. The fourth-order valence-corrected chi connectivity index (χ4v) is 2.59. The molecule has 1 heterocycles. The van der Waals surface area contributed by atoms with Gasteiger partial charge in [0.2, 0.25) is 0 Å². The third-order valence-corrected chi connectivity index (χ3v) is 3.42. The number of pyridine rings is 1. The van der Waals surface area contributed by atoms with Crippen LogP contribution >= 0.6 is 27.7 Å². The molecule has 0 aliphatic carbocycles. The quantitative estimate of drug-likeness (QED) is 0.785. The lowest BCUT2D eigenvalue weighted by Crippen LogP contribution is -1.85. The van der Waals surface area contributed by atoms with E-state index >= 15 is 0 Å². The summed E-state index contributed by atoms with van der Waals surface area (Å²) in [5.41, 5.74) is 0.947. The van der Waals surface area contributed by atoms with Crippen LogP contribution in [0.3, 0.4) is 0 Å². The highest BCUT2D eigenvalue weighted by molar-refractivity contribution is 9.10. The van der Waals surface area contributed by atoms with Crippen molar-refractivity contribution in [3.8, 4) is 0 Å². The number of aromatic nitrogens is 1. The Bertz CT molecular complexity index is 455. The summed E-state index contributed by atoms with van der Waals surface area (Å²) in [6.07, 6.45) is 1.75. The first-order chi connectivity index (χ1) is 7.74. The summed E-state index contributed by atoms with van der Waals surface area (Å²) >= 11 is 4.87. The third-order valence-electron chi connectivity index (χ3n) is 1.95. The molecule has 0 saturated carbocycles. The zero-order chi connectivity index (χ0) is 11.4. The summed E-state index contributed by atoms with van der Waals surface area (Å²) in [6, 6.07) is 10.7. The monoisotopic (exact) mass is 297 g/mol. The number of halogens is 2. The van der Waals surface area contributed by atoms with Crippen LogP contribution in [0.15, 0.2) is 52.1 Å². The first-order valence-electron chi connectivity index (χ1n) is 4.73. The fraction of sp³-hybridized carbons (Fsp3) is 0.0833. The molecule has 0 spiro atoms. The van der Waals surface area contributed by atoms with Crippen molar-refractivity contribution in [2.24, 2.45) is 0 Å². The molecule has 0 N–H and O–H groups in total. The Morgan fingerprint density at radius 2 is 2.12 bits per heavy atom. The Morgan fingerprint density at radius 3 is 2.81 bits per heavy atom. The highest BCUT2D eigenvalue weighted by Gasteiger charge is 2.00. The second kappa shape index (κ2) is 5.46. The van der Waals surface area contributed by atoms with Crippen LogP contribution < -0.4 is 0 Å². The lowest BCUT2D eigenvalue weighted by molar-refractivity contribution is 0.625. The van der Waals surface area contributed by atoms with Crippen molar-refractivity contribution in [3.05, 3.63) is 58.4 Å². The predicted molar refractivity (Wildman–Crippen MR) is 67.9 cm³/mol. The van der Waals surface area contributed by atoms with Gasteiger partial charge in [0.1, 0.15) is 5.82 Å². The van der Waals surface area contributed by atoms with Crippen molar-refractivity contribution in [1.29, 1.82) is 0 Å². The lowest BCUT2D eigenvalue weighted by atomic mass is 10.2. The molecular formula is C12H9BrFNS. The Hall–Kier alpha value is -0.870. The van der Waals surface area contributed by atoms with Crippen LogP contribution in [0.2, 0.25) is 0 Å². The number of thioether (sulfide) groups is 1. The van der Waals surface area contributed by atoms with Crippen molar-refractivity contribution in [2.75, 3.05) is 0 Å². The van der Waals surface area contributed by atoms with Crippen LogP contribution in [0.25, 0.3) is 0 Å². The van der Waals surface area contributed by atoms with Gasteiger partial charge in [-0.3, -0.25) is 0 Å². The standard InChI is InChI=1S/C12H9BrFNS/c13-10-5-9(6-11(14)7-10)8-16-12-3-1-2-4-15-12/h1-7H,8H2. The van der Waals surface area contributed by atoms with E-state index in [4.69, 9.17) is 0 Å². The van der Waals surface area contributed by atoms with Gasteiger partial charge in [-0.1, -0.05) is 22.0 Å². The van der Waals surface area contributed by atoms with E-state index in [0.717, 1.165) is 15.1 Å². The summed E-state index contributed by atoms with van der Waals surface area (Å²) in [5, 5.41) is 0.947. The smallest absolute Gasteiger partial charge is 0.124 e. The molecule has 0 fully saturated rings. The first kappa shape index (κ1) is 11.6. The second-order valence-corrected chi connectivity index (χ2v) is 5.15. The molecule has 0 aliphatic rings. The molecule has 0 saturated heterocycles. The van der Waals surface area contributed by atoms with E-state index in [0.29, 0.717) is 5.75 Å². The van der Waals surface area contributed by atoms with Crippen molar-refractivity contribution < 1.29 is 4.39 Å². The summed E-state index contributed by atoms with van der Waals surface area (Å²) in [5.74, 6) is 0.499. The maximum absolute atomic E-state index is 13.1. The Morgan fingerprint density at radius 1 is 1.25 bits per heavy atom. The van der Waals surface area contributed by atoms with Crippen LogP contribution in [-0.4, -0.2) is 4.98 Å². The number of hydrogen-bond donors (Lipinski definition) is 0. The molecule has 16 heavy (non-hydrogen) atoms. The van der Waals surface area contributed by atoms with E-state index in [1.54, 1.807) is 24.0 Å². The highest BCUT2D eigenvalue weighted by atomic mass is 79.9. The predicted octanol–water partition coefficient (Wildman–Crippen LogP) is 4.28. The van der Waals surface area contributed by atoms with Crippen LogP contribution in [0.4, 0.5) is 4.39 Å². The van der Waals surface area contributed by atoms with E-state index in [-0.39, 0.29) is 5.82 Å². The van der Waals surface area contributed by atoms with Crippen molar-refractivity contribution in [1.82, 2.24) is 4.98 Å². The van der Waals surface area contributed by atoms with Crippen LogP contribution in [0.5, 0.6) is 0 Å². The largest absolute Gasteiger partial charge is 0.250 e.